The van der Waals surface area contributed by atoms with Gasteiger partial charge < -0.3 is 9.47 Å². The van der Waals surface area contributed by atoms with Gasteiger partial charge in [0.1, 0.15) is 23.6 Å². The highest BCUT2D eigenvalue weighted by molar-refractivity contribution is 9.12. The minimum atomic E-state index is -1.04. The van der Waals surface area contributed by atoms with E-state index in [4.69, 9.17) is 14.7 Å². The quantitative estimate of drug-likeness (QED) is 0.418. The highest BCUT2D eigenvalue weighted by atomic mass is 79.9. The summed E-state index contributed by atoms with van der Waals surface area (Å²) >= 11 is 3.16. The minimum Gasteiger partial charge on any atom is -0.457 e. The number of carbonyl (C=O) groups excluding carboxylic acids is 1. The van der Waals surface area contributed by atoms with Crippen molar-refractivity contribution in [3.8, 4) is 23.6 Å². The van der Waals surface area contributed by atoms with E-state index in [1.54, 1.807) is 30.3 Å². The Morgan fingerprint density at radius 2 is 1.83 bits per heavy atom. The van der Waals surface area contributed by atoms with Gasteiger partial charge in [-0.1, -0.05) is 50.3 Å². The van der Waals surface area contributed by atoms with Gasteiger partial charge in [-0.05, 0) is 51.5 Å². The maximum Gasteiger partial charge on any atom is 0.311 e. The van der Waals surface area contributed by atoms with Crippen molar-refractivity contribution in [3.63, 3.8) is 0 Å². The van der Waals surface area contributed by atoms with E-state index in [2.05, 4.69) is 15.9 Å². The van der Waals surface area contributed by atoms with Crippen LogP contribution in [-0.2, 0) is 9.53 Å². The number of nitrogens with zero attached hydrogens (tertiary/aromatic N) is 2. The van der Waals surface area contributed by atoms with Gasteiger partial charge in [0.25, 0.3) is 0 Å². The lowest BCUT2D eigenvalue weighted by atomic mass is 10.1. The Morgan fingerprint density at radius 3 is 2.48 bits per heavy atom. The van der Waals surface area contributed by atoms with Crippen molar-refractivity contribution in [1.29, 1.82) is 10.5 Å². The van der Waals surface area contributed by atoms with E-state index in [9.17, 15) is 10.1 Å². The largest absolute Gasteiger partial charge is 0.457 e. The zero-order chi connectivity index (χ0) is 21.0. The first-order valence-electron chi connectivity index (χ1n) is 9.07. The number of allylic oxidation sites excluding steroid dienone is 2. The van der Waals surface area contributed by atoms with Crippen LogP contribution in [0.3, 0.4) is 0 Å². The maximum atomic E-state index is 12.7. The zero-order valence-electron chi connectivity index (χ0n) is 16.0. The lowest BCUT2D eigenvalue weighted by molar-refractivity contribution is -0.149. The molecule has 3 rings (SSSR count). The van der Waals surface area contributed by atoms with Crippen LogP contribution >= 0.6 is 15.9 Å². The molecule has 0 radical (unpaired) electrons. The molecule has 0 bridgehead atoms. The number of halogens is 1. The molecule has 0 heterocycles. The second kappa shape index (κ2) is 8.51. The van der Waals surface area contributed by atoms with Crippen molar-refractivity contribution in [3.05, 3.63) is 70.7 Å². The average Bonchev–Trinajstić information content (AvgIpc) is 3.26. The van der Waals surface area contributed by atoms with Gasteiger partial charge >= 0.3 is 5.97 Å². The molecule has 3 atom stereocenters. The van der Waals surface area contributed by atoms with Gasteiger partial charge in [0.15, 0.2) is 0 Å². The molecule has 1 saturated carbocycles. The van der Waals surface area contributed by atoms with Crippen LogP contribution in [0, 0.1) is 39.9 Å². The molecule has 1 aliphatic rings. The number of esters is 1. The summed E-state index contributed by atoms with van der Waals surface area (Å²) in [6.45, 7) is 3.88. The summed E-state index contributed by atoms with van der Waals surface area (Å²) in [5.74, 6) is 0.262. The Morgan fingerprint density at radius 1 is 1.14 bits per heavy atom. The van der Waals surface area contributed by atoms with Crippen molar-refractivity contribution < 1.29 is 14.3 Å². The number of carbonyl (C=O) groups is 1. The summed E-state index contributed by atoms with van der Waals surface area (Å²) in [5.41, 5.74) is 0.212. The molecule has 1 fully saturated rings. The lowest BCUT2D eigenvalue weighted by Gasteiger charge is -2.13. The fraction of sp³-hybridized carbons (Fsp3) is 0.261. The van der Waals surface area contributed by atoms with Crippen LogP contribution in [0.1, 0.15) is 25.5 Å². The van der Waals surface area contributed by atoms with Gasteiger partial charge in [-0.2, -0.15) is 10.5 Å². The van der Waals surface area contributed by atoms with Gasteiger partial charge in [-0.25, -0.2) is 0 Å². The summed E-state index contributed by atoms with van der Waals surface area (Å²) in [6.07, 6.45) is 0.684. The van der Waals surface area contributed by atoms with E-state index < -0.39 is 18.0 Å². The molecule has 6 heteroatoms. The van der Waals surface area contributed by atoms with Crippen LogP contribution in [0.2, 0.25) is 0 Å². The van der Waals surface area contributed by atoms with Gasteiger partial charge in [0.05, 0.1) is 10.4 Å². The van der Waals surface area contributed by atoms with E-state index in [0.717, 1.165) is 0 Å². The third-order valence-electron chi connectivity index (χ3n) is 5.09. The molecule has 1 aliphatic carbocycles. The van der Waals surface area contributed by atoms with Gasteiger partial charge in [-0.15, -0.1) is 0 Å². The number of benzene rings is 2. The Labute approximate surface area is 178 Å². The van der Waals surface area contributed by atoms with Crippen molar-refractivity contribution in [2.75, 3.05) is 0 Å². The average molecular weight is 451 g/mol. The van der Waals surface area contributed by atoms with Crippen molar-refractivity contribution in [1.82, 2.24) is 0 Å². The normalized spacial score (nSPS) is 20.7. The number of para-hydroxylation sites is 1. The first-order valence-corrected chi connectivity index (χ1v) is 9.86. The van der Waals surface area contributed by atoms with Gasteiger partial charge in [-0.3, -0.25) is 4.79 Å². The smallest absolute Gasteiger partial charge is 0.311 e. The Balaban J connectivity index is 1.72. The van der Waals surface area contributed by atoms with Crippen LogP contribution in [0.4, 0.5) is 0 Å². The fourth-order valence-corrected chi connectivity index (χ4v) is 3.64. The number of hydrogen-bond acceptors (Lipinski definition) is 5. The van der Waals surface area contributed by atoms with E-state index in [0.29, 0.717) is 21.5 Å². The van der Waals surface area contributed by atoms with E-state index in [1.807, 2.05) is 56.3 Å². The summed E-state index contributed by atoms with van der Waals surface area (Å²) in [5, 5.41) is 18.5. The van der Waals surface area contributed by atoms with Crippen LogP contribution in [0.25, 0.3) is 0 Å². The molecule has 0 unspecified atom stereocenters. The predicted octanol–water partition coefficient (Wildman–Crippen LogP) is 5.66. The first-order chi connectivity index (χ1) is 13.9. The second-order valence-corrected chi connectivity index (χ2v) is 8.24. The van der Waals surface area contributed by atoms with Crippen molar-refractivity contribution >= 4 is 21.9 Å². The molecule has 146 valence electrons. The summed E-state index contributed by atoms with van der Waals surface area (Å²) in [4.78, 5) is 12.7. The number of rotatable bonds is 6. The molecular formula is C23H19BrN2O3. The predicted molar refractivity (Wildman–Crippen MR) is 111 cm³/mol. The summed E-state index contributed by atoms with van der Waals surface area (Å²) < 4.78 is 11.7. The number of nitriles is 2. The first kappa shape index (κ1) is 20.6. The third-order valence-corrected chi connectivity index (χ3v) is 5.53. The monoisotopic (exact) mass is 450 g/mol. The van der Waals surface area contributed by atoms with Gasteiger partial charge in [0, 0.05) is 5.56 Å². The molecule has 29 heavy (non-hydrogen) atoms. The van der Waals surface area contributed by atoms with Crippen LogP contribution < -0.4 is 4.74 Å². The Bertz CT molecular complexity index is 1020. The second-order valence-electron chi connectivity index (χ2n) is 7.38. The van der Waals surface area contributed by atoms with E-state index in [1.165, 1.54) is 0 Å². The Hall–Kier alpha value is -3.09. The number of ether oxygens (including phenoxy) is 2. The molecule has 0 saturated heterocycles. The highest BCUT2D eigenvalue weighted by Gasteiger charge is 2.62. The maximum absolute atomic E-state index is 12.7. The molecule has 0 spiro atoms. The topological polar surface area (TPSA) is 83.1 Å². The third kappa shape index (κ3) is 4.67. The highest BCUT2D eigenvalue weighted by Crippen LogP contribution is 2.60. The van der Waals surface area contributed by atoms with Crippen molar-refractivity contribution in [2.45, 2.75) is 20.0 Å². The molecule has 0 amide bonds. The zero-order valence-corrected chi connectivity index (χ0v) is 17.6. The SMILES string of the molecule is CC1(C)[C@H](C=C(Br)C#N)[C@H]1C(=O)O[C@H](C#N)c1cccc(Oc2ccccc2)c1. The van der Waals surface area contributed by atoms with Crippen LogP contribution in [-0.4, -0.2) is 5.97 Å². The lowest BCUT2D eigenvalue weighted by Crippen LogP contribution is -2.14. The molecule has 2 aromatic carbocycles. The van der Waals surface area contributed by atoms with Crippen LogP contribution in [0.15, 0.2) is 65.2 Å². The van der Waals surface area contributed by atoms with E-state index >= 15 is 0 Å². The van der Waals surface area contributed by atoms with Crippen LogP contribution in [0.5, 0.6) is 11.5 Å². The number of hydrogen-bond donors (Lipinski definition) is 0. The fourth-order valence-electron chi connectivity index (χ4n) is 3.36. The minimum absolute atomic E-state index is 0.115. The van der Waals surface area contributed by atoms with E-state index in [-0.39, 0.29) is 11.3 Å². The summed E-state index contributed by atoms with van der Waals surface area (Å²) in [6, 6.07) is 20.3. The molecular weight excluding hydrogens is 432 g/mol. The Kier molecular flexibility index (Phi) is 6.06. The van der Waals surface area contributed by atoms with Crippen molar-refractivity contribution in [2.24, 2.45) is 17.3 Å². The standard InChI is InChI=1S/C23H19BrN2O3/c1-23(2)19(12-16(24)13-25)21(23)22(27)29-20(14-26)15-7-6-10-18(11-15)28-17-8-4-3-5-9-17/h3-12,19-21H,1-2H3/t19-,20-,21+/m1/s1. The molecule has 2 aromatic rings. The molecule has 0 aliphatic heterocycles. The summed E-state index contributed by atoms with van der Waals surface area (Å²) in [7, 11) is 0. The molecule has 0 aromatic heterocycles. The molecule has 5 nitrogen and oxygen atoms in total. The molecule has 0 N–H and O–H groups in total. The van der Waals surface area contributed by atoms with Gasteiger partial charge in [0.2, 0.25) is 6.10 Å².